The molecule has 0 bridgehead atoms. The van der Waals surface area contributed by atoms with E-state index in [1.807, 2.05) is 18.2 Å². The number of nitriles is 1. The van der Waals surface area contributed by atoms with Gasteiger partial charge in [0.05, 0.1) is 5.56 Å². The maximum absolute atomic E-state index is 8.74. The molecule has 74 valence electrons. The van der Waals surface area contributed by atoms with E-state index in [4.69, 9.17) is 5.26 Å². The monoisotopic (exact) mass is 252 g/mol. The maximum Gasteiger partial charge on any atom is 0.100 e. The lowest BCUT2D eigenvalue weighted by Gasteiger charge is -2.13. The first-order valence-corrected chi connectivity index (χ1v) is 5.43. The Morgan fingerprint density at radius 3 is 2.79 bits per heavy atom. The Kier molecular flexibility index (Phi) is 3.97. The Morgan fingerprint density at radius 1 is 1.57 bits per heavy atom. The highest BCUT2D eigenvalue weighted by molar-refractivity contribution is 9.10. The summed E-state index contributed by atoms with van der Waals surface area (Å²) in [5.41, 5.74) is 1.71. The Balaban J connectivity index is 2.82. The third-order valence-corrected chi connectivity index (χ3v) is 2.77. The molecule has 2 nitrogen and oxygen atoms in total. The van der Waals surface area contributed by atoms with Crippen LogP contribution in [0.3, 0.4) is 0 Å². The molecule has 0 heterocycles. The molecule has 1 atom stereocenters. The average molecular weight is 253 g/mol. The molecular weight excluding hydrogens is 240 g/mol. The Bertz CT molecular complexity index is 355. The maximum atomic E-state index is 8.74. The molecule has 0 aliphatic carbocycles. The van der Waals surface area contributed by atoms with Crippen molar-refractivity contribution in [3.05, 3.63) is 28.2 Å². The van der Waals surface area contributed by atoms with Crippen LogP contribution in [-0.4, -0.2) is 6.04 Å². The van der Waals surface area contributed by atoms with E-state index in [9.17, 15) is 0 Å². The first-order valence-electron chi connectivity index (χ1n) is 4.63. The molecule has 0 aliphatic heterocycles. The summed E-state index contributed by atoms with van der Waals surface area (Å²) in [4.78, 5) is 0. The van der Waals surface area contributed by atoms with Gasteiger partial charge >= 0.3 is 0 Å². The molecule has 0 saturated heterocycles. The normalized spacial score (nSPS) is 11.9. The van der Waals surface area contributed by atoms with Gasteiger partial charge in [0, 0.05) is 16.2 Å². The number of hydrogen-bond acceptors (Lipinski definition) is 2. The van der Waals surface area contributed by atoms with Crippen LogP contribution in [0.1, 0.15) is 25.8 Å². The van der Waals surface area contributed by atoms with Crippen molar-refractivity contribution in [1.29, 1.82) is 5.26 Å². The summed E-state index contributed by atoms with van der Waals surface area (Å²) in [5, 5.41) is 12.1. The lowest BCUT2D eigenvalue weighted by Crippen LogP contribution is -2.13. The second-order valence-corrected chi connectivity index (χ2v) is 4.11. The van der Waals surface area contributed by atoms with Crippen LogP contribution in [0.4, 0.5) is 5.69 Å². The van der Waals surface area contributed by atoms with Crippen molar-refractivity contribution >= 4 is 21.6 Å². The van der Waals surface area contributed by atoms with Crippen molar-refractivity contribution < 1.29 is 0 Å². The molecule has 1 N–H and O–H groups in total. The fourth-order valence-corrected chi connectivity index (χ4v) is 1.55. The van der Waals surface area contributed by atoms with E-state index in [-0.39, 0.29) is 0 Å². The predicted molar refractivity (Wildman–Crippen MR) is 62.2 cm³/mol. The fourth-order valence-electron chi connectivity index (χ4n) is 1.08. The van der Waals surface area contributed by atoms with Crippen LogP contribution in [0.15, 0.2) is 22.7 Å². The summed E-state index contributed by atoms with van der Waals surface area (Å²) in [6.45, 7) is 4.27. The zero-order valence-electron chi connectivity index (χ0n) is 8.34. The SMILES string of the molecule is CCC(C)Nc1ccc(C#N)c(Br)c1. The third-order valence-electron chi connectivity index (χ3n) is 2.11. The van der Waals surface area contributed by atoms with Crippen LogP contribution in [-0.2, 0) is 0 Å². The van der Waals surface area contributed by atoms with Crippen LogP contribution in [0.25, 0.3) is 0 Å². The lowest BCUT2D eigenvalue weighted by atomic mass is 10.2. The zero-order valence-corrected chi connectivity index (χ0v) is 9.93. The van der Waals surface area contributed by atoms with Gasteiger partial charge < -0.3 is 5.32 Å². The van der Waals surface area contributed by atoms with Gasteiger partial charge in [-0.05, 0) is 47.5 Å². The smallest absolute Gasteiger partial charge is 0.100 e. The van der Waals surface area contributed by atoms with Crippen LogP contribution in [0.5, 0.6) is 0 Å². The quantitative estimate of drug-likeness (QED) is 0.894. The van der Waals surface area contributed by atoms with Gasteiger partial charge in [0.1, 0.15) is 6.07 Å². The van der Waals surface area contributed by atoms with E-state index in [2.05, 4.69) is 41.2 Å². The van der Waals surface area contributed by atoms with E-state index < -0.39 is 0 Å². The molecule has 0 amide bonds. The minimum absolute atomic E-state index is 0.454. The van der Waals surface area contributed by atoms with Gasteiger partial charge in [0.25, 0.3) is 0 Å². The molecule has 1 aromatic carbocycles. The molecule has 0 aromatic heterocycles. The summed E-state index contributed by atoms with van der Waals surface area (Å²) >= 11 is 3.36. The molecule has 0 saturated carbocycles. The largest absolute Gasteiger partial charge is 0.383 e. The number of nitrogens with one attached hydrogen (secondary N) is 1. The van der Waals surface area contributed by atoms with Crippen molar-refractivity contribution in [2.75, 3.05) is 5.32 Å². The highest BCUT2D eigenvalue weighted by Gasteiger charge is 2.02. The van der Waals surface area contributed by atoms with Gasteiger partial charge in [-0.25, -0.2) is 0 Å². The van der Waals surface area contributed by atoms with Gasteiger partial charge in [0.2, 0.25) is 0 Å². The molecule has 14 heavy (non-hydrogen) atoms. The number of hydrogen-bond donors (Lipinski definition) is 1. The van der Waals surface area contributed by atoms with Crippen molar-refractivity contribution in [2.45, 2.75) is 26.3 Å². The van der Waals surface area contributed by atoms with E-state index in [1.54, 1.807) is 0 Å². The van der Waals surface area contributed by atoms with E-state index in [0.717, 1.165) is 16.6 Å². The highest BCUT2D eigenvalue weighted by Crippen LogP contribution is 2.21. The Labute approximate surface area is 93.1 Å². The fraction of sp³-hybridized carbons (Fsp3) is 0.364. The van der Waals surface area contributed by atoms with Gasteiger partial charge in [-0.1, -0.05) is 6.92 Å². The standard InChI is InChI=1S/C11H13BrN2/c1-3-8(2)14-10-5-4-9(7-13)11(12)6-10/h4-6,8,14H,3H2,1-2H3. The van der Waals surface area contributed by atoms with Crippen LogP contribution >= 0.6 is 15.9 Å². The van der Waals surface area contributed by atoms with Gasteiger partial charge in [-0.3, -0.25) is 0 Å². The van der Waals surface area contributed by atoms with Crippen molar-refractivity contribution in [2.24, 2.45) is 0 Å². The van der Waals surface area contributed by atoms with E-state index >= 15 is 0 Å². The van der Waals surface area contributed by atoms with E-state index in [0.29, 0.717) is 11.6 Å². The first-order chi connectivity index (χ1) is 6.67. The molecular formula is C11H13BrN2. The van der Waals surface area contributed by atoms with Crippen molar-refractivity contribution in [3.8, 4) is 6.07 Å². The molecule has 0 aliphatic rings. The summed E-state index contributed by atoms with van der Waals surface area (Å²) in [5.74, 6) is 0. The number of benzene rings is 1. The van der Waals surface area contributed by atoms with Gasteiger partial charge in [-0.15, -0.1) is 0 Å². The number of nitrogens with zero attached hydrogens (tertiary/aromatic N) is 1. The first kappa shape index (κ1) is 11.1. The lowest BCUT2D eigenvalue weighted by molar-refractivity contribution is 0.764. The van der Waals surface area contributed by atoms with Crippen molar-refractivity contribution in [1.82, 2.24) is 0 Å². The van der Waals surface area contributed by atoms with Gasteiger partial charge in [0.15, 0.2) is 0 Å². The molecule has 1 rings (SSSR count). The third kappa shape index (κ3) is 2.74. The second-order valence-electron chi connectivity index (χ2n) is 3.26. The number of halogens is 1. The van der Waals surface area contributed by atoms with Crippen LogP contribution < -0.4 is 5.32 Å². The van der Waals surface area contributed by atoms with Crippen LogP contribution in [0, 0.1) is 11.3 Å². The van der Waals surface area contributed by atoms with Gasteiger partial charge in [-0.2, -0.15) is 5.26 Å². The highest BCUT2D eigenvalue weighted by atomic mass is 79.9. The van der Waals surface area contributed by atoms with Crippen molar-refractivity contribution in [3.63, 3.8) is 0 Å². The number of anilines is 1. The topological polar surface area (TPSA) is 35.8 Å². The van der Waals surface area contributed by atoms with Crippen LogP contribution in [0.2, 0.25) is 0 Å². The molecule has 3 heteroatoms. The molecule has 0 spiro atoms. The molecule has 1 aromatic rings. The Morgan fingerprint density at radius 2 is 2.29 bits per heavy atom. The minimum atomic E-state index is 0.454. The molecule has 0 fully saturated rings. The predicted octanol–water partition coefficient (Wildman–Crippen LogP) is 3.53. The minimum Gasteiger partial charge on any atom is -0.383 e. The summed E-state index contributed by atoms with van der Waals surface area (Å²) in [6, 6.07) is 8.24. The van der Waals surface area contributed by atoms with E-state index in [1.165, 1.54) is 0 Å². The summed E-state index contributed by atoms with van der Waals surface area (Å²) in [7, 11) is 0. The molecule has 0 radical (unpaired) electrons. The average Bonchev–Trinajstić information content (AvgIpc) is 2.18. The summed E-state index contributed by atoms with van der Waals surface area (Å²) < 4.78 is 0.841. The summed E-state index contributed by atoms with van der Waals surface area (Å²) in [6.07, 6.45) is 1.08. The second kappa shape index (κ2) is 5.02. The zero-order chi connectivity index (χ0) is 10.6. The Hall–Kier alpha value is -1.01. The number of rotatable bonds is 3. The molecule has 1 unspecified atom stereocenters.